The monoisotopic (exact) mass is 146 g/mol. The molecule has 0 aromatic rings. The third-order valence-electron chi connectivity index (χ3n) is 1.78. The van der Waals surface area contributed by atoms with E-state index in [0.29, 0.717) is 0 Å². The van der Waals surface area contributed by atoms with E-state index in [1.807, 2.05) is 18.2 Å². The van der Waals surface area contributed by atoms with Gasteiger partial charge >= 0.3 is 0 Å². The predicted molar refractivity (Wildman–Crippen MR) is 57.9 cm³/mol. The van der Waals surface area contributed by atoms with Crippen LogP contribution in [0.25, 0.3) is 0 Å². The average molecular weight is 146 g/mol. The van der Waals surface area contributed by atoms with Gasteiger partial charge in [0.1, 0.15) is 6.60 Å². The highest BCUT2D eigenvalue weighted by molar-refractivity contribution is 7.12. The molecule has 0 bridgehead atoms. The lowest BCUT2D eigenvalue weighted by molar-refractivity contribution is 1.57. The first-order chi connectivity index (χ1) is 5.35. The summed E-state index contributed by atoms with van der Waals surface area (Å²) in [6.07, 6.45) is 9.24. The Morgan fingerprint density at radius 2 is 1.55 bits per heavy atom. The number of hydrogen-bond acceptors (Lipinski definition) is 0. The fourth-order valence-corrected chi connectivity index (χ4v) is 1.16. The summed E-state index contributed by atoms with van der Waals surface area (Å²) in [7, 11) is 1.21. The van der Waals surface area contributed by atoms with Gasteiger partial charge in [0.2, 0.25) is 0 Å². The smallest absolute Gasteiger partial charge is 0.104 e. The second-order valence-electron chi connectivity index (χ2n) is 2.78. The van der Waals surface area contributed by atoms with Gasteiger partial charge in [-0.25, -0.2) is 0 Å². The third kappa shape index (κ3) is 5.78. The molecule has 0 aliphatic rings. The first-order valence-electron chi connectivity index (χ1n) is 4.17. The van der Waals surface area contributed by atoms with E-state index < -0.39 is 0 Å². The summed E-state index contributed by atoms with van der Waals surface area (Å²) in [5.41, 5.74) is 0. The van der Waals surface area contributed by atoms with Gasteiger partial charge in [-0.05, 0) is 0 Å². The Labute approximate surface area is 71.4 Å². The molecule has 0 heterocycles. The van der Waals surface area contributed by atoms with Gasteiger partial charge in [0.05, 0.1) is 7.17 Å². The molecular formula is C9H16B2. The minimum atomic E-state index is 0.725. The first-order valence-corrected chi connectivity index (χ1v) is 4.17. The largest absolute Gasteiger partial charge is 0.114 e. The second-order valence-corrected chi connectivity index (χ2v) is 2.78. The van der Waals surface area contributed by atoms with E-state index in [9.17, 15) is 0 Å². The molecular weight excluding hydrogens is 130 g/mol. The summed E-state index contributed by atoms with van der Waals surface area (Å²) in [5.74, 6) is 0. The Hall–Kier alpha value is -0.650. The van der Waals surface area contributed by atoms with Crippen LogP contribution in [-0.4, -0.2) is 13.8 Å². The van der Waals surface area contributed by atoms with Gasteiger partial charge in [-0.2, -0.15) is 0 Å². The van der Waals surface area contributed by atoms with E-state index in [0.717, 1.165) is 25.6 Å². The molecule has 0 aromatic heterocycles. The van der Waals surface area contributed by atoms with Crippen molar-refractivity contribution in [3.8, 4) is 0 Å². The maximum Gasteiger partial charge on any atom is 0.114 e. The normalized spacial score (nSPS) is 8.36. The molecule has 11 heavy (non-hydrogen) atoms. The molecule has 0 saturated carbocycles. The SMILES string of the molecule is C=CCBB(CC=C)CC=C. The molecule has 0 aliphatic heterocycles. The van der Waals surface area contributed by atoms with Gasteiger partial charge < -0.3 is 0 Å². The van der Waals surface area contributed by atoms with Gasteiger partial charge in [0, 0.05) is 0 Å². The van der Waals surface area contributed by atoms with Crippen molar-refractivity contribution in [2.75, 3.05) is 0 Å². The molecule has 0 atom stereocenters. The molecule has 0 rings (SSSR count). The van der Waals surface area contributed by atoms with E-state index >= 15 is 0 Å². The summed E-state index contributed by atoms with van der Waals surface area (Å²) >= 11 is 0. The van der Waals surface area contributed by atoms with Crippen LogP contribution >= 0.6 is 0 Å². The quantitative estimate of drug-likeness (QED) is 0.382. The van der Waals surface area contributed by atoms with Crippen LogP contribution in [0.15, 0.2) is 38.0 Å². The Morgan fingerprint density at radius 1 is 1.00 bits per heavy atom. The zero-order valence-corrected chi connectivity index (χ0v) is 7.26. The zero-order valence-electron chi connectivity index (χ0n) is 7.26. The molecule has 2 heteroatoms. The van der Waals surface area contributed by atoms with Crippen LogP contribution in [0.1, 0.15) is 0 Å². The Kier molecular flexibility index (Phi) is 7.02. The summed E-state index contributed by atoms with van der Waals surface area (Å²) in [5, 5.41) is 0. The molecule has 0 spiro atoms. The van der Waals surface area contributed by atoms with Crippen molar-refractivity contribution in [1.29, 1.82) is 0 Å². The van der Waals surface area contributed by atoms with E-state index in [-0.39, 0.29) is 0 Å². The van der Waals surface area contributed by atoms with Crippen molar-refractivity contribution in [1.82, 2.24) is 0 Å². The molecule has 0 unspecified atom stereocenters. The highest BCUT2D eigenvalue weighted by Crippen LogP contribution is 2.01. The highest BCUT2D eigenvalue weighted by Gasteiger charge is 2.08. The number of hydrogen-bond donors (Lipinski definition) is 0. The lowest BCUT2D eigenvalue weighted by Gasteiger charge is -2.04. The van der Waals surface area contributed by atoms with E-state index in [1.54, 1.807) is 0 Å². The molecule has 0 N–H and O–H groups in total. The maximum atomic E-state index is 3.73. The molecule has 0 nitrogen and oxygen atoms in total. The van der Waals surface area contributed by atoms with Gasteiger partial charge in [-0.15, -0.1) is 19.7 Å². The molecule has 0 aliphatic carbocycles. The van der Waals surface area contributed by atoms with E-state index in [4.69, 9.17) is 0 Å². The third-order valence-corrected chi connectivity index (χ3v) is 1.78. The number of allylic oxidation sites excluding steroid dienone is 3. The Bertz CT molecular complexity index is 120. The van der Waals surface area contributed by atoms with Crippen molar-refractivity contribution in [3.05, 3.63) is 38.0 Å². The van der Waals surface area contributed by atoms with Crippen LogP contribution < -0.4 is 0 Å². The van der Waals surface area contributed by atoms with Crippen molar-refractivity contribution in [2.24, 2.45) is 0 Å². The summed E-state index contributed by atoms with van der Waals surface area (Å²) in [6.45, 7) is 11.9. The van der Waals surface area contributed by atoms with Crippen LogP contribution in [0.4, 0.5) is 0 Å². The summed E-state index contributed by atoms with van der Waals surface area (Å²) < 4.78 is 0. The van der Waals surface area contributed by atoms with Crippen LogP contribution in [-0.2, 0) is 0 Å². The lowest BCUT2D eigenvalue weighted by atomic mass is 9.18. The van der Waals surface area contributed by atoms with Gasteiger partial charge in [-0.3, -0.25) is 0 Å². The van der Waals surface area contributed by atoms with Gasteiger partial charge in [0.25, 0.3) is 0 Å². The number of rotatable bonds is 7. The van der Waals surface area contributed by atoms with Crippen molar-refractivity contribution >= 4 is 13.8 Å². The Balaban J connectivity index is 3.57. The van der Waals surface area contributed by atoms with Crippen molar-refractivity contribution in [2.45, 2.75) is 19.0 Å². The first kappa shape index (κ1) is 10.3. The fraction of sp³-hybridized carbons (Fsp3) is 0.333. The predicted octanol–water partition coefficient (Wildman–Crippen LogP) is 2.39. The van der Waals surface area contributed by atoms with Gasteiger partial charge in [0.15, 0.2) is 0 Å². The Morgan fingerprint density at radius 3 is 1.91 bits per heavy atom. The van der Waals surface area contributed by atoms with Crippen molar-refractivity contribution in [3.63, 3.8) is 0 Å². The van der Waals surface area contributed by atoms with Crippen LogP contribution in [0.5, 0.6) is 0 Å². The molecule has 0 amide bonds. The molecule has 0 aromatic carbocycles. The maximum absolute atomic E-state index is 3.73. The van der Waals surface area contributed by atoms with Gasteiger partial charge in [-0.1, -0.05) is 37.2 Å². The fourth-order valence-electron chi connectivity index (χ4n) is 1.16. The molecule has 0 radical (unpaired) electrons. The summed E-state index contributed by atoms with van der Waals surface area (Å²) in [4.78, 5) is 0. The topological polar surface area (TPSA) is 0 Å². The second kappa shape index (κ2) is 7.46. The van der Waals surface area contributed by atoms with Crippen LogP contribution in [0.2, 0.25) is 19.0 Å². The van der Waals surface area contributed by atoms with Crippen LogP contribution in [0.3, 0.4) is 0 Å². The minimum Gasteiger partial charge on any atom is -0.104 e. The van der Waals surface area contributed by atoms with E-state index in [2.05, 4.69) is 19.7 Å². The molecule has 0 saturated heterocycles. The lowest BCUT2D eigenvalue weighted by Crippen LogP contribution is -2.19. The average Bonchev–Trinajstić information content (AvgIpc) is 2.01. The summed E-state index contributed by atoms with van der Waals surface area (Å²) in [6, 6.07) is 0. The van der Waals surface area contributed by atoms with E-state index in [1.165, 1.54) is 7.17 Å². The molecule has 0 fully saturated rings. The molecule has 58 valence electrons. The highest BCUT2D eigenvalue weighted by atomic mass is 13.7. The van der Waals surface area contributed by atoms with Crippen LogP contribution in [0, 0.1) is 0 Å². The zero-order chi connectivity index (χ0) is 8.53. The minimum absolute atomic E-state index is 0.725. The standard InChI is InChI=1S/C9H16B2/c1-4-7-10-11(8-5-2)9-6-3/h4-6,10H,1-3,7-9H2. The van der Waals surface area contributed by atoms with Crippen molar-refractivity contribution < 1.29 is 0 Å².